The number of carbonyl (C=O) groups excluding carboxylic acids is 3. The van der Waals surface area contributed by atoms with Crippen LogP contribution in [0.5, 0.6) is 5.75 Å². The molecule has 10 nitrogen and oxygen atoms in total. The number of hydrogen-bond acceptors (Lipinski definition) is 8. The van der Waals surface area contributed by atoms with Crippen molar-refractivity contribution in [1.29, 1.82) is 5.26 Å². The van der Waals surface area contributed by atoms with Gasteiger partial charge in [0.1, 0.15) is 17.8 Å². The molecule has 0 aliphatic carbocycles. The summed E-state index contributed by atoms with van der Waals surface area (Å²) in [6.45, 7) is 11.9. The van der Waals surface area contributed by atoms with Crippen LogP contribution >= 0.6 is 11.3 Å². The highest BCUT2D eigenvalue weighted by molar-refractivity contribution is 7.13. The lowest BCUT2D eigenvalue weighted by Gasteiger charge is -2.35. The summed E-state index contributed by atoms with van der Waals surface area (Å²) in [7, 11) is 0. The fourth-order valence-corrected chi connectivity index (χ4v) is 7.06. The van der Waals surface area contributed by atoms with Gasteiger partial charge >= 0.3 is 0 Å². The zero-order chi connectivity index (χ0) is 32.6. The monoisotopic (exact) mass is 629 g/mol. The molecule has 1 unspecified atom stereocenters. The molecule has 45 heavy (non-hydrogen) atoms. The number of aryl methyl sites for hydroxylation is 1. The second-order valence-corrected chi connectivity index (χ2v) is 13.9. The maximum Gasteiger partial charge on any atom is 0.256 e. The first-order valence-corrected chi connectivity index (χ1v) is 16.0. The Morgan fingerprint density at radius 1 is 1.24 bits per heavy atom. The van der Waals surface area contributed by atoms with Gasteiger partial charge in [0.15, 0.2) is 0 Å². The largest absolute Gasteiger partial charge is 0.508 e. The SMILES string of the molecule is Cc1ncsc1-c1ccc(CNC(=O)[C@@H]2C[C@@H](OC(C)(C)C)CN2C(=O)C(C(C)C)N2Cc3cccc(C#N)c3C2=O)c(O)c1. The molecule has 2 aromatic carbocycles. The Morgan fingerprint density at radius 3 is 2.62 bits per heavy atom. The minimum atomic E-state index is -0.841. The smallest absolute Gasteiger partial charge is 0.256 e. The predicted molar refractivity (Wildman–Crippen MR) is 170 cm³/mol. The standard InChI is InChI=1S/C34H39N5O5S/c1-19(2)29(39-16-24-9-7-8-22(14-35)28(24)32(39)42)33(43)38-17-25(44-34(4,5)6)13-26(38)31(41)36-15-23-11-10-21(12-27(23)40)30-20(3)37-18-45-30/h7-12,18-19,25-26,29,40H,13,15-17H2,1-6H3,(H,36,41)/t25-,26+,29?/m1/s1. The van der Waals surface area contributed by atoms with E-state index in [1.807, 2.05) is 47.6 Å². The van der Waals surface area contributed by atoms with E-state index >= 15 is 0 Å². The number of phenolic OH excluding ortho intramolecular Hbond substituents is 1. The van der Waals surface area contributed by atoms with E-state index in [0.29, 0.717) is 23.1 Å². The van der Waals surface area contributed by atoms with Gasteiger partial charge in [-0.2, -0.15) is 5.26 Å². The van der Waals surface area contributed by atoms with Crippen LogP contribution in [0.3, 0.4) is 0 Å². The molecule has 11 heteroatoms. The molecular formula is C34H39N5O5S. The maximum atomic E-state index is 14.3. The number of thiazole rings is 1. The molecular weight excluding hydrogens is 590 g/mol. The number of ether oxygens (including phenoxy) is 1. The van der Waals surface area contributed by atoms with Gasteiger partial charge in [-0.05, 0) is 56.9 Å². The number of aromatic nitrogens is 1. The number of rotatable bonds is 8. The Bertz CT molecular complexity index is 1670. The third kappa shape index (κ3) is 6.58. The number of hydrogen-bond donors (Lipinski definition) is 2. The quantitative estimate of drug-likeness (QED) is 0.366. The van der Waals surface area contributed by atoms with Crippen LogP contribution < -0.4 is 5.32 Å². The van der Waals surface area contributed by atoms with Crippen molar-refractivity contribution in [2.75, 3.05) is 6.54 Å². The third-order valence-electron chi connectivity index (χ3n) is 8.22. The summed E-state index contributed by atoms with van der Waals surface area (Å²) in [5, 5.41) is 23.3. The lowest BCUT2D eigenvalue weighted by Crippen LogP contribution is -2.55. The Labute approximate surface area is 267 Å². The molecule has 0 saturated carbocycles. The van der Waals surface area contributed by atoms with Crippen LogP contribution in [-0.2, 0) is 27.4 Å². The minimum absolute atomic E-state index is 0.0534. The Kier molecular flexibility index (Phi) is 9.01. The van der Waals surface area contributed by atoms with E-state index in [2.05, 4.69) is 16.4 Å². The van der Waals surface area contributed by atoms with Crippen molar-refractivity contribution in [3.63, 3.8) is 0 Å². The van der Waals surface area contributed by atoms with Crippen molar-refractivity contribution in [3.05, 3.63) is 69.9 Å². The summed E-state index contributed by atoms with van der Waals surface area (Å²) >= 11 is 1.49. The first-order chi connectivity index (χ1) is 21.3. The predicted octanol–water partition coefficient (Wildman–Crippen LogP) is 4.78. The molecule has 3 aromatic rings. The van der Waals surface area contributed by atoms with Gasteiger partial charge in [-0.15, -0.1) is 11.3 Å². The van der Waals surface area contributed by atoms with Gasteiger partial charge in [-0.1, -0.05) is 38.1 Å². The van der Waals surface area contributed by atoms with Crippen molar-refractivity contribution in [1.82, 2.24) is 20.1 Å². The molecule has 0 radical (unpaired) electrons. The van der Waals surface area contributed by atoms with Crippen LogP contribution in [0.25, 0.3) is 10.4 Å². The molecule has 3 amide bonds. The number of likely N-dealkylation sites (tertiary alicyclic amines) is 1. The molecule has 2 aliphatic heterocycles. The topological polar surface area (TPSA) is 136 Å². The summed E-state index contributed by atoms with van der Waals surface area (Å²) in [6.07, 6.45) is -0.0911. The van der Waals surface area contributed by atoms with Crippen molar-refractivity contribution < 1.29 is 24.2 Å². The first-order valence-electron chi connectivity index (χ1n) is 15.1. The number of nitriles is 1. The lowest BCUT2D eigenvalue weighted by molar-refractivity contribution is -0.143. The summed E-state index contributed by atoms with van der Waals surface area (Å²) in [5.41, 5.74) is 4.85. The first kappa shape index (κ1) is 32.1. The molecule has 5 rings (SSSR count). The van der Waals surface area contributed by atoms with Crippen molar-refractivity contribution in [3.8, 4) is 22.3 Å². The maximum absolute atomic E-state index is 14.3. The molecule has 1 aromatic heterocycles. The molecule has 0 bridgehead atoms. The lowest BCUT2D eigenvalue weighted by atomic mass is 10.00. The van der Waals surface area contributed by atoms with E-state index in [0.717, 1.165) is 16.1 Å². The van der Waals surface area contributed by atoms with Gasteiger partial charge in [-0.25, -0.2) is 4.98 Å². The summed E-state index contributed by atoms with van der Waals surface area (Å²) in [5.74, 6) is -1.26. The molecule has 0 spiro atoms. The minimum Gasteiger partial charge on any atom is -0.508 e. The van der Waals surface area contributed by atoms with Crippen LogP contribution in [0, 0.1) is 24.2 Å². The van der Waals surface area contributed by atoms with Gasteiger partial charge in [-0.3, -0.25) is 14.4 Å². The normalized spacial score (nSPS) is 18.7. The van der Waals surface area contributed by atoms with Gasteiger partial charge in [0, 0.05) is 31.6 Å². The molecule has 3 atom stereocenters. The molecule has 2 N–H and O–H groups in total. The zero-order valence-electron chi connectivity index (χ0n) is 26.5. The molecule has 236 valence electrons. The Balaban J connectivity index is 1.36. The molecule has 1 fully saturated rings. The van der Waals surface area contributed by atoms with Crippen molar-refractivity contribution in [2.45, 2.75) is 84.8 Å². The number of fused-ring (bicyclic) bond motifs is 1. The number of benzene rings is 2. The average Bonchev–Trinajstić information content (AvgIpc) is 3.68. The number of nitrogens with one attached hydrogen (secondary N) is 1. The van der Waals surface area contributed by atoms with Crippen molar-refractivity contribution in [2.24, 2.45) is 5.92 Å². The van der Waals surface area contributed by atoms with E-state index in [4.69, 9.17) is 4.74 Å². The fourth-order valence-electron chi connectivity index (χ4n) is 6.26. The van der Waals surface area contributed by atoms with Crippen LogP contribution in [0.1, 0.15) is 73.8 Å². The summed E-state index contributed by atoms with van der Waals surface area (Å²) in [6, 6.07) is 10.9. The van der Waals surface area contributed by atoms with E-state index in [-0.39, 0.29) is 60.7 Å². The van der Waals surface area contributed by atoms with E-state index in [1.54, 1.807) is 35.8 Å². The van der Waals surface area contributed by atoms with E-state index in [1.165, 1.54) is 21.1 Å². The molecule has 1 saturated heterocycles. The third-order valence-corrected chi connectivity index (χ3v) is 9.20. The highest BCUT2D eigenvalue weighted by atomic mass is 32.1. The van der Waals surface area contributed by atoms with E-state index in [9.17, 15) is 24.8 Å². The number of phenols is 1. The van der Waals surface area contributed by atoms with Crippen LogP contribution in [-0.4, -0.2) is 67.9 Å². The van der Waals surface area contributed by atoms with Gasteiger partial charge < -0.3 is 25.0 Å². The molecule has 2 aliphatic rings. The van der Waals surface area contributed by atoms with Crippen molar-refractivity contribution >= 4 is 29.1 Å². The number of carbonyl (C=O) groups is 3. The van der Waals surface area contributed by atoms with Crippen LogP contribution in [0.15, 0.2) is 41.9 Å². The average molecular weight is 630 g/mol. The van der Waals surface area contributed by atoms with Crippen LogP contribution in [0.2, 0.25) is 0 Å². The second-order valence-electron chi connectivity index (χ2n) is 13.0. The highest BCUT2D eigenvalue weighted by Crippen LogP contribution is 2.34. The van der Waals surface area contributed by atoms with Gasteiger partial charge in [0.25, 0.3) is 5.91 Å². The zero-order valence-corrected chi connectivity index (χ0v) is 27.3. The van der Waals surface area contributed by atoms with E-state index < -0.39 is 17.7 Å². The fraction of sp³-hybridized carbons (Fsp3) is 0.441. The van der Waals surface area contributed by atoms with Gasteiger partial charge in [0.05, 0.1) is 45.0 Å². The Hall–Kier alpha value is -4.27. The highest BCUT2D eigenvalue weighted by Gasteiger charge is 2.47. The number of nitrogens with zero attached hydrogens (tertiary/aromatic N) is 4. The Morgan fingerprint density at radius 2 is 2.00 bits per heavy atom. The molecule has 3 heterocycles. The number of aromatic hydroxyl groups is 1. The second kappa shape index (κ2) is 12.6. The number of amides is 3. The summed E-state index contributed by atoms with van der Waals surface area (Å²) < 4.78 is 6.23. The summed E-state index contributed by atoms with van der Waals surface area (Å²) in [4.78, 5) is 50.0. The van der Waals surface area contributed by atoms with Crippen LogP contribution in [0.4, 0.5) is 0 Å². The van der Waals surface area contributed by atoms with Gasteiger partial charge in [0.2, 0.25) is 11.8 Å².